The smallest absolute Gasteiger partial charge is 0.257 e. The van der Waals surface area contributed by atoms with Gasteiger partial charge < -0.3 is 9.64 Å². The lowest BCUT2D eigenvalue weighted by Gasteiger charge is -2.24. The molecule has 2 aromatic rings. The Hall–Kier alpha value is -1.88. The highest BCUT2D eigenvalue weighted by Crippen LogP contribution is 2.35. The van der Waals surface area contributed by atoms with Gasteiger partial charge in [0.25, 0.3) is 5.91 Å². The lowest BCUT2D eigenvalue weighted by molar-refractivity contribution is 0.0733. The number of thiophene rings is 1. The lowest BCUT2D eigenvalue weighted by atomic mass is 10.1. The van der Waals surface area contributed by atoms with Gasteiger partial charge in [0.05, 0.1) is 18.7 Å². The van der Waals surface area contributed by atoms with Gasteiger partial charge in [0.2, 0.25) is 0 Å². The van der Waals surface area contributed by atoms with Gasteiger partial charge >= 0.3 is 0 Å². The summed E-state index contributed by atoms with van der Waals surface area (Å²) in [4.78, 5) is 15.6. The van der Waals surface area contributed by atoms with E-state index >= 15 is 0 Å². The average Bonchev–Trinajstić information content (AvgIpc) is 3.16. The third kappa shape index (κ3) is 2.65. The second-order valence-electron chi connectivity index (χ2n) is 5.02. The molecule has 1 atom stereocenters. The van der Waals surface area contributed by atoms with Crippen molar-refractivity contribution in [1.29, 1.82) is 0 Å². The lowest BCUT2D eigenvalue weighted by Crippen LogP contribution is -2.30. The zero-order chi connectivity index (χ0) is 14.8. The first-order valence-electron chi connectivity index (χ1n) is 6.88. The topological polar surface area (TPSA) is 29.5 Å². The monoisotopic (exact) mass is 305 g/mol. The fourth-order valence-electron chi connectivity index (χ4n) is 2.74. The molecular formula is C16H16FNO2S. The molecule has 1 unspecified atom stereocenters. The molecule has 0 bridgehead atoms. The van der Waals surface area contributed by atoms with E-state index in [0.717, 1.165) is 17.7 Å². The van der Waals surface area contributed by atoms with Crippen LogP contribution in [-0.4, -0.2) is 24.5 Å². The fraction of sp³-hybridized carbons (Fsp3) is 0.312. The predicted molar refractivity (Wildman–Crippen MR) is 80.3 cm³/mol. The van der Waals surface area contributed by atoms with Gasteiger partial charge in [-0.2, -0.15) is 0 Å². The first-order valence-corrected chi connectivity index (χ1v) is 7.76. The Morgan fingerprint density at radius 1 is 1.43 bits per heavy atom. The van der Waals surface area contributed by atoms with Crippen molar-refractivity contribution in [3.05, 3.63) is 52.0 Å². The van der Waals surface area contributed by atoms with E-state index in [2.05, 4.69) is 0 Å². The summed E-state index contributed by atoms with van der Waals surface area (Å²) >= 11 is 1.64. The van der Waals surface area contributed by atoms with Crippen LogP contribution in [0.5, 0.6) is 5.75 Å². The minimum absolute atomic E-state index is 0.0685. The van der Waals surface area contributed by atoms with E-state index in [1.807, 2.05) is 17.5 Å². The number of halogens is 1. The maximum absolute atomic E-state index is 14.1. The molecule has 1 amide bonds. The van der Waals surface area contributed by atoms with Crippen LogP contribution in [0, 0.1) is 5.82 Å². The third-order valence-corrected chi connectivity index (χ3v) is 4.77. The maximum atomic E-state index is 14.1. The summed E-state index contributed by atoms with van der Waals surface area (Å²) in [6.07, 6.45) is 1.89. The molecular weight excluding hydrogens is 289 g/mol. The number of amides is 1. The number of carbonyl (C=O) groups is 1. The van der Waals surface area contributed by atoms with Gasteiger partial charge in [-0.05, 0) is 36.4 Å². The van der Waals surface area contributed by atoms with Gasteiger partial charge in [0.15, 0.2) is 0 Å². The van der Waals surface area contributed by atoms with E-state index in [-0.39, 0.29) is 17.5 Å². The van der Waals surface area contributed by atoms with Gasteiger partial charge in [-0.15, -0.1) is 11.3 Å². The molecule has 3 nitrogen and oxygen atoms in total. The van der Waals surface area contributed by atoms with Crippen molar-refractivity contribution >= 4 is 17.2 Å². The Labute approximate surface area is 127 Å². The van der Waals surface area contributed by atoms with Crippen LogP contribution in [0.3, 0.4) is 0 Å². The molecule has 0 N–H and O–H groups in total. The Balaban J connectivity index is 1.87. The van der Waals surface area contributed by atoms with Crippen LogP contribution in [-0.2, 0) is 0 Å². The standard InChI is InChI=1S/C16H16FNO2S/c1-20-11-6-7-12(13(17)10-11)16(19)18-8-2-4-14(18)15-5-3-9-21-15/h3,5-7,9-10,14H,2,4,8H2,1H3. The predicted octanol–water partition coefficient (Wildman–Crippen LogP) is 3.87. The van der Waals surface area contributed by atoms with Crippen molar-refractivity contribution in [2.45, 2.75) is 18.9 Å². The van der Waals surface area contributed by atoms with E-state index in [1.165, 1.54) is 19.2 Å². The van der Waals surface area contributed by atoms with E-state index in [1.54, 1.807) is 22.3 Å². The van der Waals surface area contributed by atoms with Crippen LogP contribution in [0.4, 0.5) is 4.39 Å². The van der Waals surface area contributed by atoms with Crippen LogP contribution in [0.25, 0.3) is 0 Å². The largest absolute Gasteiger partial charge is 0.497 e. The van der Waals surface area contributed by atoms with Crippen LogP contribution < -0.4 is 4.74 Å². The van der Waals surface area contributed by atoms with E-state index < -0.39 is 5.82 Å². The van der Waals surface area contributed by atoms with E-state index in [9.17, 15) is 9.18 Å². The van der Waals surface area contributed by atoms with Gasteiger partial charge in [-0.3, -0.25) is 4.79 Å². The van der Waals surface area contributed by atoms with Gasteiger partial charge in [-0.25, -0.2) is 4.39 Å². The highest BCUT2D eigenvalue weighted by molar-refractivity contribution is 7.10. The molecule has 110 valence electrons. The second kappa shape index (κ2) is 5.85. The quantitative estimate of drug-likeness (QED) is 0.861. The number of methoxy groups -OCH3 is 1. The summed E-state index contributed by atoms with van der Waals surface area (Å²) in [7, 11) is 1.48. The maximum Gasteiger partial charge on any atom is 0.257 e. The zero-order valence-electron chi connectivity index (χ0n) is 11.7. The van der Waals surface area contributed by atoms with Crippen LogP contribution >= 0.6 is 11.3 Å². The molecule has 1 aliphatic heterocycles. The molecule has 3 rings (SSSR count). The van der Waals surface area contributed by atoms with E-state index in [0.29, 0.717) is 12.3 Å². The summed E-state index contributed by atoms with van der Waals surface area (Å²) < 4.78 is 19.1. The van der Waals surface area contributed by atoms with Crippen molar-refractivity contribution in [2.24, 2.45) is 0 Å². The Kier molecular flexibility index (Phi) is 3.92. The summed E-state index contributed by atoms with van der Waals surface area (Å²) in [5.74, 6) is -0.359. The Bertz CT molecular complexity index is 642. The molecule has 0 aliphatic carbocycles. The van der Waals surface area contributed by atoms with E-state index in [4.69, 9.17) is 4.74 Å². The molecule has 0 spiro atoms. The van der Waals surface area contributed by atoms with Crippen molar-refractivity contribution in [1.82, 2.24) is 4.90 Å². The SMILES string of the molecule is COc1ccc(C(=O)N2CCCC2c2cccs2)c(F)c1. The number of hydrogen-bond acceptors (Lipinski definition) is 3. The summed E-state index contributed by atoms with van der Waals surface area (Å²) in [5, 5.41) is 2.00. The molecule has 21 heavy (non-hydrogen) atoms. The van der Waals surface area contributed by atoms with Crippen LogP contribution in [0.15, 0.2) is 35.7 Å². The number of rotatable bonds is 3. The summed E-state index contributed by atoms with van der Waals surface area (Å²) in [5.41, 5.74) is 0.110. The highest BCUT2D eigenvalue weighted by atomic mass is 32.1. The Morgan fingerprint density at radius 3 is 2.95 bits per heavy atom. The first kappa shape index (κ1) is 14.1. The molecule has 0 radical (unpaired) electrons. The summed E-state index contributed by atoms with van der Waals surface area (Å²) in [6, 6.07) is 8.45. The molecule has 2 heterocycles. The minimum atomic E-state index is -0.531. The number of benzene rings is 1. The number of likely N-dealkylation sites (tertiary alicyclic amines) is 1. The molecule has 1 aliphatic rings. The van der Waals surface area contributed by atoms with Crippen LogP contribution in [0.2, 0.25) is 0 Å². The third-order valence-electron chi connectivity index (χ3n) is 3.79. The average molecular weight is 305 g/mol. The zero-order valence-corrected chi connectivity index (χ0v) is 12.5. The van der Waals surface area contributed by atoms with Crippen molar-refractivity contribution in [3.8, 4) is 5.75 Å². The molecule has 1 aromatic heterocycles. The van der Waals surface area contributed by atoms with Crippen molar-refractivity contribution < 1.29 is 13.9 Å². The number of carbonyl (C=O) groups excluding carboxylic acids is 1. The molecule has 1 aromatic carbocycles. The van der Waals surface area contributed by atoms with Crippen LogP contribution in [0.1, 0.15) is 34.1 Å². The Morgan fingerprint density at radius 2 is 2.29 bits per heavy atom. The molecule has 5 heteroatoms. The minimum Gasteiger partial charge on any atom is -0.497 e. The van der Waals surface area contributed by atoms with Gasteiger partial charge in [0, 0.05) is 17.5 Å². The number of hydrogen-bond donors (Lipinski definition) is 0. The normalized spacial score (nSPS) is 18.0. The first-order chi connectivity index (χ1) is 10.2. The van der Waals surface area contributed by atoms with Crippen molar-refractivity contribution in [2.75, 3.05) is 13.7 Å². The highest BCUT2D eigenvalue weighted by Gasteiger charge is 2.32. The summed E-state index contributed by atoms with van der Waals surface area (Å²) in [6.45, 7) is 0.673. The number of ether oxygens (including phenoxy) is 1. The molecule has 1 saturated heterocycles. The second-order valence-corrected chi connectivity index (χ2v) is 6.00. The van der Waals surface area contributed by atoms with Crippen molar-refractivity contribution in [3.63, 3.8) is 0 Å². The van der Waals surface area contributed by atoms with Gasteiger partial charge in [0.1, 0.15) is 11.6 Å². The van der Waals surface area contributed by atoms with Gasteiger partial charge in [-0.1, -0.05) is 6.07 Å². The number of nitrogens with zero attached hydrogens (tertiary/aromatic N) is 1. The molecule has 1 fully saturated rings. The molecule has 0 saturated carbocycles. The fourth-order valence-corrected chi connectivity index (χ4v) is 3.61.